The van der Waals surface area contributed by atoms with Crippen molar-refractivity contribution >= 4 is 34.4 Å². The summed E-state index contributed by atoms with van der Waals surface area (Å²) >= 11 is 0. The quantitative estimate of drug-likeness (QED) is 0.161. The number of para-hydroxylation sites is 3. The summed E-state index contributed by atoms with van der Waals surface area (Å²) in [6.45, 7) is 0. The Labute approximate surface area is 361 Å². The Kier molecular flexibility index (Phi) is 8.74. The molecule has 0 N–H and O–H groups in total. The SMILES string of the molecule is C1=CC2C(C=C1C1C=c3c(n(-c4nc(-c5ccc(-c6ccccc6)cc5)cc(-c5ccc(-c6ccccc6)cc5)n4)c4ccccc34)=CC1)c1ccccc1N2c1ccccc1. The zero-order valence-electron chi connectivity index (χ0n) is 34.1. The second kappa shape index (κ2) is 15.0. The molecule has 0 spiro atoms. The minimum Gasteiger partial charge on any atom is -0.333 e. The number of hydrogen-bond donors (Lipinski definition) is 0. The summed E-state index contributed by atoms with van der Waals surface area (Å²) in [6.07, 6.45) is 13.1. The maximum Gasteiger partial charge on any atom is 0.235 e. The predicted octanol–water partition coefficient (Wildman–Crippen LogP) is 12.5. The smallest absolute Gasteiger partial charge is 0.235 e. The van der Waals surface area contributed by atoms with Crippen molar-refractivity contribution in [2.75, 3.05) is 4.90 Å². The van der Waals surface area contributed by atoms with Crippen molar-refractivity contribution in [3.05, 3.63) is 234 Å². The summed E-state index contributed by atoms with van der Waals surface area (Å²) in [5, 5.41) is 3.59. The lowest BCUT2D eigenvalue weighted by atomic mass is 9.82. The maximum atomic E-state index is 5.39. The van der Waals surface area contributed by atoms with Crippen LogP contribution in [0.3, 0.4) is 0 Å². The molecule has 0 amide bonds. The molecule has 9 aromatic rings. The van der Waals surface area contributed by atoms with Crippen LogP contribution < -0.4 is 15.5 Å². The third-order valence-electron chi connectivity index (χ3n) is 12.9. The Morgan fingerprint density at radius 1 is 0.500 bits per heavy atom. The molecule has 1 aliphatic heterocycles. The van der Waals surface area contributed by atoms with Crippen molar-refractivity contribution < 1.29 is 0 Å². The zero-order valence-corrected chi connectivity index (χ0v) is 34.1. The average molecular weight is 795 g/mol. The molecule has 4 heteroatoms. The van der Waals surface area contributed by atoms with Crippen molar-refractivity contribution in [3.63, 3.8) is 0 Å². The number of anilines is 2. The average Bonchev–Trinajstić information content (AvgIpc) is 3.87. The van der Waals surface area contributed by atoms with E-state index in [1.165, 1.54) is 55.4 Å². The van der Waals surface area contributed by atoms with Crippen LogP contribution in [0.1, 0.15) is 17.9 Å². The molecule has 3 unspecified atom stereocenters. The largest absolute Gasteiger partial charge is 0.333 e. The van der Waals surface area contributed by atoms with Crippen molar-refractivity contribution in [2.24, 2.45) is 5.92 Å². The number of aromatic nitrogens is 3. The van der Waals surface area contributed by atoms with Crippen molar-refractivity contribution in [1.82, 2.24) is 14.5 Å². The fourth-order valence-corrected chi connectivity index (χ4v) is 9.88. The van der Waals surface area contributed by atoms with E-state index in [4.69, 9.17) is 9.97 Å². The molecule has 4 nitrogen and oxygen atoms in total. The molecule has 294 valence electrons. The zero-order chi connectivity index (χ0) is 41.0. The molecule has 12 rings (SSSR count). The summed E-state index contributed by atoms with van der Waals surface area (Å²) in [5.41, 5.74) is 15.0. The van der Waals surface area contributed by atoms with Gasteiger partial charge in [0, 0.05) is 44.9 Å². The first-order valence-electron chi connectivity index (χ1n) is 21.6. The fourth-order valence-electron chi connectivity index (χ4n) is 9.88. The molecule has 3 atom stereocenters. The number of benzene rings is 7. The van der Waals surface area contributed by atoms with Crippen LogP contribution in [-0.4, -0.2) is 20.6 Å². The molecule has 0 radical (unpaired) electrons. The monoisotopic (exact) mass is 794 g/mol. The van der Waals surface area contributed by atoms with Crippen LogP contribution in [0, 0.1) is 5.92 Å². The van der Waals surface area contributed by atoms with E-state index in [1.807, 2.05) is 0 Å². The Bertz CT molecular complexity index is 3210. The van der Waals surface area contributed by atoms with Crippen LogP contribution in [0.4, 0.5) is 11.4 Å². The van der Waals surface area contributed by atoms with Crippen LogP contribution in [0.5, 0.6) is 0 Å². The lowest BCUT2D eigenvalue weighted by molar-refractivity contribution is 0.716. The molecule has 2 aromatic heterocycles. The van der Waals surface area contributed by atoms with Crippen LogP contribution in [0.25, 0.3) is 73.8 Å². The van der Waals surface area contributed by atoms with E-state index in [0.717, 1.165) is 39.8 Å². The van der Waals surface area contributed by atoms with E-state index >= 15 is 0 Å². The lowest BCUT2D eigenvalue weighted by Crippen LogP contribution is -2.34. The summed E-state index contributed by atoms with van der Waals surface area (Å²) < 4.78 is 2.28. The van der Waals surface area contributed by atoms with Gasteiger partial charge in [-0.25, -0.2) is 9.97 Å². The molecule has 0 saturated carbocycles. The highest BCUT2D eigenvalue weighted by Gasteiger charge is 2.38. The van der Waals surface area contributed by atoms with Crippen molar-refractivity contribution in [2.45, 2.75) is 18.4 Å². The predicted molar refractivity (Wildman–Crippen MR) is 256 cm³/mol. The van der Waals surface area contributed by atoms with Gasteiger partial charge in [-0.1, -0.05) is 194 Å². The first-order valence-corrected chi connectivity index (χ1v) is 21.6. The second-order valence-electron chi connectivity index (χ2n) is 16.5. The Morgan fingerprint density at radius 2 is 1.05 bits per heavy atom. The number of fused-ring (bicyclic) bond motifs is 6. The molecule has 62 heavy (non-hydrogen) atoms. The molecular formula is C58H42N4. The maximum absolute atomic E-state index is 5.39. The van der Waals surface area contributed by atoms with Gasteiger partial charge in [0.1, 0.15) is 0 Å². The van der Waals surface area contributed by atoms with Gasteiger partial charge in [0.15, 0.2) is 0 Å². The lowest BCUT2D eigenvalue weighted by Gasteiger charge is -2.30. The molecule has 0 bridgehead atoms. The third kappa shape index (κ3) is 6.22. The van der Waals surface area contributed by atoms with Gasteiger partial charge >= 0.3 is 0 Å². The summed E-state index contributed by atoms with van der Waals surface area (Å²) in [4.78, 5) is 13.3. The van der Waals surface area contributed by atoms with Gasteiger partial charge < -0.3 is 4.90 Å². The number of nitrogens with zero attached hydrogens (tertiary/aromatic N) is 4. The number of allylic oxidation sites excluding steroid dienone is 2. The topological polar surface area (TPSA) is 34.0 Å². The van der Waals surface area contributed by atoms with Gasteiger partial charge in [0.05, 0.1) is 28.3 Å². The van der Waals surface area contributed by atoms with Gasteiger partial charge in [0.25, 0.3) is 0 Å². The van der Waals surface area contributed by atoms with E-state index in [1.54, 1.807) is 0 Å². The van der Waals surface area contributed by atoms with E-state index in [9.17, 15) is 0 Å². The highest BCUT2D eigenvalue weighted by molar-refractivity contribution is 5.85. The van der Waals surface area contributed by atoms with Crippen molar-refractivity contribution in [1.29, 1.82) is 0 Å². The van der Waals surface area contributed by atoms with Gasteiger partial charge in [0.2, 0.25) is 5.95 Å². The standard InChI is InChI=1S/C58H42N4/c1-4-14-39(15-5-1)41-24-28-43(29-25-41)52-38-53(44-30-26-42(27-31-44)40-16-6-2-7-17-40)60-58(59-52)62-55-23-13-11-21-49(55)51-37-46(33-35-57(51)62)45-32-34-56-50(36-45)48-20-10-12-22-54(48)61(56)47-18-8-3-9-19-47/h1-32,34-38,46,50,56H,33H2. The minimum atomic E-state index is 0.242. The van der Waals surface area contributed by atoms with Gasteiger partial charge in [-0.05, 0) is 70.1 Å². The highest BCUT2D eigenvalue weighted by Crippen LogP contribution is 2.49. The Morgan fingerprint density at radius 3 is 1.71 bits per heavy atom. The minimum absolute atomic E-state index is 0.242. The molecule has 7 aromatic carbocycles. The molecule has 0 fully saturated rings. The van der Waals surface area contributed by atoms with E-state index in [0.29, 0.717) is 5.95 Å². The van der Waals surface area contributed by atoms with E-state index in [-0.39, 0.29) is 17.9 Å². The molecule has 3 heterocycles. The van der Waals surface area contributed by atoms with Gasteiger partial charge in [-0.15, -0.1) is 0 Å². The van der Waals surface area contributed by atoms with Crippen LogP contribution >= 0.6 is 0 Å². The summed E-state index contributed by atoms with van der Waals surface area (Å²) in [5.74, 6) is 1.19. The number of hydrogen-bond acceptors (Lipinski definition) is 3. The third-order valence-corrected chi connectivity index (χ3v) is 12.9. The van der Waals surface area contributed by atoms with Crippen molar-refractivity contribution in [3.8, 4) is 50.7 Å². The molecule has 0 saturated heterocycles. The highest BCUT2D eigenvalue weighted by atomic mass is 15.2. The second-order valence-corrected chi connectivity index (χ2v) is 16.5. The summed E-state index contributed by atoms with van der Waals surface area (Å²) in [6, 6.07) is 69.4. The molecular weight excluding hydrogens is 753 g/mol. The van der Waals surface area contributed by atoms with E-state index in [2.05, 4.69) is 234 Å². The first kappa shape index (κ1) is 36.1. The van der Waals surface area contributed by atoms with Crippen LogP contribution in [0.15, 0.2) is 218 Å². The normalized spacial score (nSPS) is 17.4. The van der Waals surface area contributed by atoms with Gasteiger partial charge in [-0.3, -0.25) is 4.57 Å². The fraction of sp³-hybridized carbons (Fsp3) is 0.0690. The summed E-state index contributed by atoms with van der Waals surface area (Å²) in [7, 11) is 0. The first-order chi connectivity index (χ1) is 30.7. The number of rotatable bonds is 7. The van der Waals surface area contributed by atoms with E-state index < -0.39 is 0 Å². The molecule has 2 aliphatic carbocycles. The Hall–Kier alpha value is -7.82. The van der Waals surface area contributed by atoms with Crippen LogP contribution in [-0.2, 0) is 0 Å². The Balaban J connectivity index is 0.965. The van der Waals surface area contributed by atoms with Gasteiger partial charge in [-0.2, -0.15) is 0 Å². The molecule has 3 aliphatic rings. The van der Waals surface area contributed by atoms with Crippen LogP contribution in [0.2, 0.25) is 0 Å².